The fourth-order valence-corrected chi connectivity index (χ4v) is 3.50. The van der Waals surface area contributed by atoms with E-state index >= 15 is 0 Å². The van der Waals surface area contributed by atoms with Gasteiger partial charge >= 0.3 is 6.03 Å². The lowest BCUT2D eigenvalue weighted by atomic mass is 10.1. The van der Waals surface area contributed by atoms with E-state index in [1.165, 1.54) is 0 Å². The number of hydrogen-bond acceptors (Lipinski definition) is 5. The minimum absolute atomic E-state index is 0.0586. The molecule has 1 aromatic carbocycles. The van der Waals surface area contributed by atoms with Crippen LogP contribution in [0, 0.1) is 0 Å². The third kappa shape index (κ3) is 4.91. The topological polar surface area (TPSA) is 78.9 Å². The van der Waals surface area contributed by atoms with E-state index in [-0.39, 0.29) is 19.1 Å². The number of imide groups is 1. The molecular formula is C19H22N2O4S. The van der Waals surface area contributed by atoms with Crippen molar-refractivity contribution in [2.45, 2.75) is 31.6 Å². The molecular weight excluding hydrogens is 352 g/mol. The van der Waals surface area contributed by atoms with Crippen molar-refractivity contribution in [3.63, 3.8) is 0 Å². The molecule has 0 aliphatic carbocycles. The van der Waals surface area contributed by atoms with Gasteiger partial charge in [0.25, 0.3) is 5.91 Å². The van der Waals surface area contributed by atoms with E-state index in [1.54, 1.807) is 11.3 Å². The Morgan fingerprint density at radius 2 is 2.00 bits per heavy atom. The summed E-state index contributed by atoms with van der Waals surface area (Å²) in [7, 11) is 0. The number of ether oxygens (including phenoxy) is 1. The number of rotatable bonds is 9. The van der Waals surface area contributed by atoms with Gasteiger partial charge < -0.3 is 15.2 Å². The van der Waals surface area contributed by atoms with E-state index in [0.717, 1.165) is 15.3 Å². The number of hydrogen-bond donors (Lipinski definition) is 2. The summed E-state index contributed by atoms with van der Waals surface area (Å²) in [5.74, 6) is -0.289. The number of amides is 3. The van der Waals surface area contributed by atoms with E-state index in [4.69, 9.17) is 4.74 Å². The molecule has 3 amide bonds. The summed E-state index contributed by atoms with van der Waals surface area (Å²) in [5.41, 5.74) is 1.12. The molecule has 6 nitrogen and oxygen atoms in total. The van der Waals surface area contributed by atoms with Gasteiger partial charge in [0.15, 0.2) is 0 Å². The smallest absolute Gasteiger partial charge is 0.324 e. The van der Waals surface area contributed by atoms with E-state index in [1.807, 2.05) is 47.8 Å². The number of β-amino-alcohol motifs (C(OH)–C–C–N with tert-alkyl or cyclic N) is 1. The molecule has 0 spiro atoms. The third-order valence-electron chi connectivity index (χ3n) is 4.20. The molecule has 2 unspecified atom stereocenters. The number of nitrogens with zero attached hydrogens (tertiary/aromatic N) is 1. The van der Waals surface area contributed by atoms with E-state index in [0.29, 0.717) is 19.4 Å². The fourth-order valence-electron chi connectivity index (χ4n) is 2.85. The predicted octanol–water partition coefficient (Wildman–Crippen LogP) is 2.18. The zero-order valence-electron chi connectivity index (χ0n) is 14.3. The molecule has 7 heteroatoms. The molecule has 2 heterocycles. The molecule has 26 heavy (non-hydrogen) atoms. The maximum absolute atomic E-state index is 12.4. The Morgan fingerprint density at radius 1 is 1.19 bits per heavy atom. The van der Waals surface area contributed by atoms with Crippen LogP contribution in [0.4, 0.5) is 4.79 Å². The van der Waals surface area contributed by atoms with E-state index in [2.05, 4.69) is 5.32 Å². The van der Waals surface area contributed by atoms with Crippen LogP contribution in [-0.2, 0) is 22.6 Å². The molecule has 2 aromatic rings. The maximum Gasteiger partial charge on any atom is 0.324 e. The highest BCUT2D eigenvalue weighted by molar-refractivity contribution is 7.09. The van der Waals surface area contributed by atoms with Crippen molar-refractivity contribution in [2.24, 2.45) is 0 Å². The first kappa shape index (κ1) is 18.6. The molecule has 0 radical (unpaired) electrons. The number of aryl methyl sites for hydroxylation is 1. The molecule has 1 fully saturated rings. The summed E-state index contributed by atoms with van der Waals surface area (Å²) in [5, 5.41) is 14.7. The molecule has 0 saturated carbocycles. The Morgan fingerprint density at radius 3 is 2.73 bits per heavy atom. The van der Waals surface area contributed by atoms with Crippen LogP contribution in [-0.4, -0.2) is 47.2 Å². The van der Waals surface area contributed by atoms with Crippen LogP contribution >= 0.6 is 11.3 Å². The van der Waals surface area contributed by atoms with Crippen LogP contribution < -0.4 is 5.32 Å². The monoisotopic (exact) mass is 374 g/mol. The van der Waals surface area contributed by atoms with Gasteiger partial charge in [-0.25, -0.2) is 4.79 Å². The van der Waals surface area contributed by atoms with Crippen molar-refractivity contribution in [1.29, 1.82) is 0 Å². The van der Waals surface area contributed by atoms with Crippen molar-refractivity contribution in [3.8, 4) is 0 Å². The van der Waals surface area contributed by atoms with Crippen molar-refractivity contribution in [2.75, 3.05) is 13.2 Å². The maximum atomic E-state index is 12.4. The van der Waals surface area contributed by atoms with Crippen LogP contribution in [0.1, 0.15) is 16.9 Å². The summed E-state index contributed by atoms with van der Waals surface area (Å²) in [6.45, 7) is 0.426. The Hall–Kier alpha value is -2.22. The minimum atomic E-state index is -0.905. The number of aliphatic hydroxyl groups is 1. The Bertz CT molecular complexity index is 720. The van der Waals surface area contributed by atoms with E-state index in [9.17, 15) is 14.7 Å². The summed E-state index contributed by atoms with van der Waals surface area (Å²) in [4.78, 5) is 26.6. The van der Waals surface area contributed by atoms with E-state index < -0.39 is 18.2 Å². The molecule has 1 aliphatic rings. The zero-order chi connectivity index (χ0) is 18.4. The van der Waals surface area contributed by atoms with Crippen molar-refractivity contribution >= 4 is 23.3 Å². The highest BCUT2D eigenvalue weighted by atomic mass is 32.1. The standard InChI is InChI=1S/C19H22N2O4S/c22-15(12-25-13-16-7-4-10-26-16)11-21-18(23)17(20-19(21)24)9-8-14-5-2-1-3-6-14/h1-7,10,15,17,22H,8-9,11-13H2,(H,20,24). The second kappa shape index (κ2) is 8.93. The normalized spacial score (nSPS) is 18.2. The highest BCUT2D eigenvalue weighted by Crippen LogP contribution is 2.14. The van der Waals surface area contributed by atoms with Crippen LogP contribution in [0.15, 0.2) is 47.8 Å². The molecule has 1 aromatic heterocycles. The summed E-state index contributed by atoms with van der Waals surface area (Å²) < 4.78 is 5.44. The third-order valence-corrected chi connectivity index (χ3v) is 5.05. The molecule has 2 N–H and O–H groups in total. The average Bonchev–Trinajstić information content (AvgIpc) is 3.25. The van der Waals surface area contributed by atoms with Gasteiger partial charge in [-0.2, -0.15) is 0 Å². The lowest BCUT2D eigenvalue weighted by molar-refractivity contribution is -0.129. The average molecular weight is 374 g/mol. The van der Waals surface area contributed by atoms with Gasteiger partial charge in [0.2, 0.25) is 0 Å². The first-order valence-corrected chi connectivity index (χ1v) is 9.45. The number of urea groups is 1. The SMILES string of the molecule is O=C1NC(CCc2ccccc2)C(=O)N1CC(O)COCc1cccs1. The second-order valence-corrected chi connectivity index (χ2v) is 7.26. The van der Waals surface area contributed by atoms with Crippen LogP contribution in [0.25, 0.3) is 0 Å². The van der Waals surface area contributed by atoms with Gasteiger partial charge in [-0.15, -0.1) is 11.3 Å². The lowest BCUT2D eigenvalue weighted by Gasteiger charge is -2.17. The number of aliphatic hydroxyl groups excluding tert-OH is 1. The first-order chi connectivity index (χ1) is 12.6. The number of carbonyl (C=O) groups is 2. The molecule has 0 bridgehead atoms. The number of carbonyl (C=O) groups excluding carboxylic acids is 2. The lowest BCUT2D eigenvalue weighted by Crippen LogP contribution is -2.39. The van der Waals surface area contributed by atoms with Gasteiger partial charge in [-0.1, -0.05) is 36.4 Å². The Kier molecular flexibility index (Phi) is 6.38. The summed E-state index contributed by atoms with van der Waals surface area (Å²) in [6, 6.07) is 12.7. The summed E-state index contributed by atoms with van der Waals surface area (Å²) in [6.07, 6.45) is 0.339. The largest absolute Gasteiger partial charge is 0.389 e. The fraction of sp³-hybridized carbons (Fsp3) is 0.368. The van der Waals surface area contributed by atoms with Crippen LogP contribution in [0.2, 0.25) is 0 Å². The van der Waals surface area contributed by atoms with Gasteiger partial charge in [0.1, 0.15) is 6.04 Å². The Balaban J connectivity index is 1.44. The molecule has 3 rings (SSSR count). The number of benzene rings is 1. The summed E-state index contributed by atoms with van der Waals surface area (Å²) >= 11 is 1.58. The highest BCUT2D eigenvalue weighted by Gasteiger charge is 2.38. The molecule has 1 aliphatic heterocycles. The van der Waals surface area contributed by atoms with Crippen LogP contribution in [0.3, 0.4) is 0 Å². The van der Waals surface area contributed by atoms with Crippen LogP contribution in [0.5, 0.6) is 0 Å². The minimum Gasteiger partial charge on any atom is -0.389 e. The number of nitrogens with one attached hydrogen (secondary N) is 1. The zero-order valence-corrected chi connectivity index (χ0v) is 15.2. The van der Waals surface area contributed by atoms with Gasteiger partial charge in [-0.3, -0.25) is 9.69 Å². The first-order valence-electron chi connectivity index (χ1n) is 8.57. The van der Waals surface area contributed by atoms with Crippen molar-refractivity contribution in [3.05, 3.63) is 58.3 Å². The van der Waals surface area contributed by atoms with Crippen molar-refractivity contribution in [1.82, 2.24) is 10.2 Å². The van der Waals surface area contributed by atoms with Gasteiger partial charge in [-0.05, 0) is 29.9 Å². The number of thiophene rings is 1. The molecule has 1 saturated heterocycles. The Labute approximate surface area is 156 Å². The second-order valence-electron chi connectivity index (χ2n) is 6.22. The molecule has 2 atom stereocenters. The quantitative estimate of drug-likeness (QED) is 0.660. The van der Waals surface area contributed by atoms with Gasteiger partial charge in [0, 0.05) is 4.88 Å². The van der Waals surface area contributed by atoms with Crippen molar-refractivity contribution < 1.29 is 19.4 Å². The molecule has 138 valence electrons. The van der Waals surface area contributed by atoms with Gasteiger partial charge in [0.05, 0.1) is 25.9 Å². The predicted molar refractivity (Wildman–Crippen MR) is 98.8 cm³/mol.